The number of hydrogen-bond donors (Lipinski definition) is 1. The molecule has 0 radical (unpaired) electrons. The van der Waals surface area contributed by atoms with Gasteiger partial charge in [-0.05, 0) is 60.1 Å². The average Bonchev–Trinajstić information content (AvgIpc) is 3.27. The number of amides is 1. The van der Waals surface area contributed by atoms with Gasteiger partial charge in [0.2, 0.25) is 11.8 Å². The molecule has 1 aromatic heterocycles. The Kier molecular flexibility index (Phi) is 6.78. The number of nitrogens with one attached hydrogen (secondary N) is 1. The van der Waals surface area contributed by atoms with Gasteiger partial charge in [-0.2, -0.15) is 0 Å². The number of hydrogen-bond acceptors (Lipinski definition) is 6. The highest BCUT2D eigenvalue weighted by Crippen LogP contribution is 2.37. The van der Waals surface area contributed by atoms with Gasteiger partial charge in [0.25, 0.3) is 5.22 Å². The number of anilines is 1. The van der Waals surface area contributed by atoms with Gasteiger partial charge in [0, 0.05) is 10.6 Å². The maximum absolute atomic E-state index is 13.3. The minimum atomic E-state index is -0.617. The van der Waals surface area contributed by atoms with Crippen LogP contribution in [-0.4, -0.2) is 23.2 Å². The summed E-state index contributed by atoms with van der Waals surface area (Å²) in [4.78, 5) is 13.3. The number of aryl methyl sites for hydroxylation is 1. The number of carbonyl (C=O) groups excluding carboxylic acids is 1. The second kappa shape index (κ2) is 9.89. The molecule has 0 unspecified atom stereocenters. The summed E-state index contributed by atoms with van der Waals surface area (Å²) in [6.07, 6.45) is 0. The first-order chi connectivity index (χ1) is 15.5. The van der Waals surface area contributed by atoms with Gasteiger partial charge in [0.05, 0.1) is 12.8 Å². The fraction of sp³-hybridized carbons (Fsp3) is 0.125. The second-order valence-corrected chi connectivity index (χ2v) is 8.48. The zero-order valence-electron chi connectivity index (χ0n) is 17.4. The predicted molar refractivity (Wildman–Crippen MR) is 126 cm³/mol. The smallest absolute Gasteiger partial charge is 0.277 e. The molecule has 8 heteroatoms. The van der Waals surface area contributed by atoms with Crippen LogP contribution in [0.2, 0.25) is 5.02 Å². The van der Waals surface area contributed by atoms with Gasteiger partial charge in [0.15, 0.2) is 0 Å². The fourth-order valence-corrected chi connectivity index (χ4v) is 4.18. The number of thioether (sulfide) groups is 1. The summed E-state index contributed by atoms with van der Waals surface area (Å²) in [5.41, 5.74) is 3.13. The molecule has 6 nitrogen and oxygen atoms in total. The van der Waals surface area contributed by atoms with Crippen LogP contribution in [0.4, 0.5) is 5.69 Å². The van der Waals surface area contributed by atoms with E-state index in [1.54, 1.807) is 19.2 Å². The van der Waals surface area contributed by atoms with Gasteiger partial charge >= 0.3 is 0 Å². The van der Waals surface area contributed by atoms with E-state index in [0.717, 1.165) is 11.1 Å². The van der Waals surface area contributed by atoms with Crippen LogP contribution in [0.15, 0.2) is 82.4 Å². The molecule has 0 aliphatic heterocycles. The Morgan fingerprint density at radius 2 is 1.88 bits per heavy atom. The normalized spacial score (nSPS) is 11.7. The molecule has 3 aromatic carbocycles. The highest BCUT2D eigenvalue weighted by atomic mass is 35.5. The zero-order valence-corrected chi connectivity index (χ0v) is 19.0. The van der Waals surface area contributed by atoms with Crippen molar-refractivity contribution in [3.8, 4) is 17.2 Å². The molecular formula is C24H20ClN3O3S. The third kappa shape index (κ3) is 5.12. The van der Waals surface area contributed by atoms with Crippen molar-refractivity contribution in [1.82, 2.24) is 10.2 Å². The van der Waals surface area contributed by atoms with Crippen LogP contribution in [0.3, 0.4) is 0 Å². The van der Waals surface area contributed by atoms with Gasteiger partial charge in [0.1, 0.15) is 11.0 Å². The largest absolute Gasteiger partial charge is 0.495 e. The highest BCUT2D eigenvalue weighted by molar-refractivity contribution is 8.00. The van der Waals surface area contributed by atoms with E-state index in [-0.39, 0.29) is 11.1 Å². The van der Waals surface area contributed by atoms with Gasteiger partial charge in [-0.1, -0.05) is 54.1 Å². The van der Waals surface area contributed by atoms with Crippen molar-refractivity contribution in [1.29, 1.82) is 0 Å². The lowest BCUT2D eigenvalue weighted by Gasteiger charge is -2.17. The van der Waals surface area contributed by atoms with Crippen molar-refractivity contribution in [3.05, 3.63) is 88.9 Å². The number of ether oxygens (including phenoxy) is 1. The molecule has 4 rings (SSSR count). The molecular weight excluding hydrogens is 446 g/mol. The van der Waals surface area contributed by atoms with E-state index in [4.69, 9.17) is 20.8 Å². The van der Waals surface area contributed by atoms with Crippen LogP contribution in [0.1, 0.15) is 16.4 Å². The van der Waals surface area contributed by atoms with E-state index in [0.29, 0.717) is 27.9 Å². The topological polar surface area (TPSA) is 77.2 Å². The Balaban J connectivity index is 1.61. The van der Waals surface area contributed by atoms with E-state index in [1.807, 2.05) is 67.6 Å². The summed E-state index contributed by atoms with van der Waals surface area (Å²) in [6, 6.07) is 22.2. The molecule has 162 valence electrons. The van der Waals surface area contributed by atoms with E-state index in [9.17, 15) is 4.79 Å². The monoisotopic (exact) mass is 465 g/mol. The highest BCUT2D eigenvalue weighted by Gasteiger charge is 2.26. The number of benzene rings is 3. The maximum atomic E-state index is 13.3. The first kappa shape index (κ1) is 21.9. The molecule has 0 spiro atoms. The zero-order chi connectivity index (χ0) is 22.5. The second-order valence-electron chi connectivity index (χ2n) is 6.99. The molecule has 0 aliphatic carbocycles. The average molecular weight is 466 g/mol. The molecule has 0 saturated heterocycles. The first-order valence-corrected chi connectivity index (χ1v) is 11.1. The van der Waals surface area contributed by atoms with Crippen molar-refractivity contribution in [2.45, 2.75) is 17.4 Å². The molecule has 0 bridgehead atoms. The van der Waals surface area contributed by atoms with E-state index in [2.05, 4.69) is 15.5 Å². The van der Waals surface area contributed by atoms with Crippen LogP contribution < -0.4 is 10.1 Å². The van der Waals surface area contributed by atoms with Crippen molar-refractivity contribution in [3.63, 3.8) is 0 Å². The van der Waals surface area contributed by atoms with Crippen LogP contribution in [0, 0.1) is 6.92 Å². The van der Waals surface area contributed by atoms with E-state index >= 15 is 0 Å². The molecule has 1 atom stereocenters. The lowest BCUT2D eigenvalue weighted by molar-refractivity contribution is -0.115. The molecule has 4 aromatic rings. The number of methoxy groups -OCH3 is 1. The maximum Gasteiger partial charge on any atom is 0.277 e. The molecule has 1 amide bonds. The third-order valence-corrected chi connectivity index (χ3v) is 5.97. The van der Waals surface area contributed by atoms with Gasteiger partial charge in [-0.15, -0.1) is 10.2 Å². The molecule has 1 N–H and O–H groups in total. The molecule has 32 heavy (non-hydrogen) atoms. The van der Waals surface area contributed by atoms with Gasteiger partial charge in [-0.3, -0.25) is 4.79 Å². The standard InChI is InChI=1S/C24H20ClN3O3S/c1-15-11-12-20(30-2)19(13-15)26-22(29)21(16-7-4-3-5-8-16)32-24-28-27-23(31-24)17-9-6-10-18(25)14-17/h3-14,21H,1-2H3,(H,26,29)/t21-/m1/s1. The van der Waals surface area contributed by atoms with Crippen molar-refractivity contribution < 1.29 is 13.9 Å². The van der Waals surface area contributed by atoms with Crippen LogP contribution in [0.25, 0.3) is 11.5 Å². The summed E-state index contributed by atoms with van der Waals surface area (Å²) in [5.74, 6) is 0.692. The summed E-state index contributed by atoms with van der Waals surface area (Å²) < 4.78 is 11.2. The minimum absolute atomic E-state index is 0.229. The van der Waals surface area contributed by atoms with Crippen molar-refractivity contribution in [2.24, 2.45) is 0 Å². The molecule has 0 aliphatic rings. The van der Waals surface area contributed by atoms with Crippen molar-refractivity contribution in [2.75, 3.05) is 12.4 Å². The fourth-order valence-electron chi connectivity index (χ4n) is 3.11. The van der Waals surface area contributed by atoms with Crippen LogP contribution >= 0.6 is 23.4 Å². The van der Waals surface area contributed by atoms with Crippen LogP contribution in [0.5, 0.6) is 5.75 Å². The predicted octanol–water partition coefficient (Wildman–Crippen LogP) is 6.18. The Bertz CT molecular complexity index is 1230. The van der Waals surface area contributed by atoms with Crippen LogP contribution in [-0.2, 0) is 4.79 Å². The SMILES string of the molecule is COc1ccc(C)cc1NC(=O)[C@H](Sc1nnc(-c2cccc(Cl)c2)o1)c1ccccc1. The molecule has 0 fully saturated rings. The van der Waals surface area contributed by atoms with E-state index < -0.39 is 5.25 Å². The summed E-state index contributed by atoms with van der Waals surface area (Å²) in [6.45, 7) is 1.95. The summed E-state index contributed by atoms with van der Waals surface area (Å²) >= 11 is 7.24. The molecule has 0 saturated carbocycles. The van der Waals surface area contributed by atoms with Crippen molar-refractivity contribution >= 4 is 35.0 Å². The Hall–Kier alpha value is -3.29. The number of rotatable bonds is 7. The molecule has 1 heterocycles. The summed E-state index contributed by atoms with van der Waals surface area (Å²) in [5, 5.41) is 11.4. The minimum Gasteiger partial charge on any atom is -0.495 e. The quantitative estimate of drug-likeness (QED) is 0.328. The van der Waals surface area contributed by atoms with Gasteiger partial charge in [-0.25, -0.2) is 0 Å². The Morgan fingerprint density at radius 1 is 1.06 bits per heavy atom. The Labute approximate surface area is 195 Å². The van der Waals surface area contributed by atoms with Gasteiger partial charge < -0.3 is 14.5 Å². The summed E-state index contributed by atoms with van der Waals surface area (Å²) in [7, 11) is 1.57. The lowest BCUT2D eigenvalue weighted by Crippen LogP contribution is -2.19. The number of aromatic nitrogens is 2. The number of halogens is 1. The first-order valence-electron chi connectivity index (χ1n) is 9.80. The lowest BCUT2D eigenvalue weighted by atomic mass is 10.1. The van der Waals surface area contributed by atoms with E-state index in [1.165, 1.54) is 11.8 Å². The Morgan fingerprint density at radius 3 is 2.62 bits per heavy atom. The number of carbonyl (C=O) groups is 1. The third-order valence-electron chi connectivity index (χ3n) is 4.65. The number of nitrogens with zero attached hydrogens (tertiary/aromatic N) is 2.